The number of nitrogens with one attached hydrogen (secondary N) is 1. The van der Waals surface area contributed by atoms with Crippen LogP contribution in [0.15, 0.2) is 54.6 Å². The van der Waals surface area contributed by atoms with Gasteiger partial charge in [0.1, 0.15) is 0 Å². The molecule has 0 spiro atoms. The second-order valence-corrected chi connectivity index (χ2v) is 9.15. The Morgan fingerprint density at radius 1 is 0.879 bits per heavy atom. The number of benzene rings is 2. The van der Waals surface area contributed by atoms with Crippen LogP contribution in [-0.2, 0) is 9.59 Å². The van der Waals surface area contributed by atoms with Crippen LogP contribution >= 0.6 is 11.6 Å². The second kappa shape index (κ2) is 10.3. The average Bonchev–Trinajstić information content (AvgIpc) is 2.84. The van der Waals surface area contributed by atoms with Gasteiger partial charge in [0.25, 0.3) is 0 Å². The highest BCUT2D eigenvalue weighted by Gasteiger charge is 2.37. The van der Waals surface area contributed by atoms with Gasteiger partial charge in [0.05, 0.1) is 5.92 Å². The van der Waals surface area contributed by atoms with Crippen molar-refractivity contribution in [1.82, 2.24) is 14.7 Å². The first-order chi connectivity index (χ1) is 15.9. The zero-order valence-corrected chi connectivity index (χ0v) is 19.5. The van der Waals surface area contributed by atoms with Gasteiger partial charge >= 0.3 is 6.03 Å². The summed E-state index contributed by atoms with van der Waals surface area (Å²) in [4.78, 5) is 43.5. The van der Waals surface area contributed by atoms with Crippen LogP contribution in [0.2, 0.25) is 5.02 Å². The Kier molecular flexibility index (Phi) is 7.18. The van der Waals surface area contributed by atoms with Crippen molar-refractivity contribution in [2.75, 3.05) is 44.6 Å². The molecule has 0 aromatic heterocycles. The third-order valence-corrected chi connectivity index (χ3v) is 6.71. The molecule has 8 heteroatoms. The van der Waals surface area contributed by atoms with Crippen LogP contribution in [0.5, 0.6) is 0 Å². The number of amides is 4. The van der Waals surface area contributed by atoms with E-state index in [9.17, 15) is 14.4 Å². The molecule has 2 heterocycles. The van der Waals surface area contributed by atoms with E-state index in [1.54, 1.807) is 41.0 Å². The third-order valence-electron chi connectivity index (χ3n) is 6.47. The standard InChI is InChI=1S/C25H29ClN4O3/c1-18(31)28-10-12-29(13-11-28)24(32)21-14-20(19-6-3-2-4-7-19)16-30(17-21)25(33)27-23-9-5-8-22(26)15-23/h2-9,15,20-21H,10-14,16-17H2,1H3,(H,27,33). The molecule has 0 aliphatic carbocycles. The Balaban J connectivity index is 1.49. The maximum atomic E-state index is 13.4. The van der Waals surface area contributed by atoms with Gasteiger partial charge in [0.2, 0.25) is 11.8 Å². The lowest BCUT2D eigenvalue weighted by Crippen LogP contribution is -2.54. The van der Waals surface area contributed by atoms with E-state index in [2.05, 4.69) is 17.4 Å². The van der Waals surface area contributed by atoms with Crippen molar-refractivity contribution in [2.45, 2.75) is 19.3 Å². The number of urea groups is 1. The number of piperidine rings is 1. The Bertz CT molecular complexity index is 1010. The monoisotopic (exact) mass is 468 g/mol. The van der Waals surface area contributed by atoms with Gasteiger partial charge in [-0.25, -0.2) is 4.79 Å². The van der Waals surface area contributed by atoms with Crippen molar-refractivity contribution in [1.29, 1.82) is 0 Å². The van der Waals surface area contributed by atoms with Gasteiger partial charge in [0, 0.05) is 62.8 Å². The van der Waals surface area contributed by atoms with Crippen molar-refractivity contribution in [2.24, 2.45) is 5.92 Å². The van der Waals surface area contributed by atoms with E-state index in [4.69, 9.17) is 11.6 Å². The smallest absolute Gasteiger partial charge is 0.321 e. The van der Waals surface area contributed by atoms with E-state index in [1.165, 1.54) is 0 Å². The van der Waals surface area contributed by atoms with Crippen molar-refractivity contribution in [3.8, 4) is 0 Å². The van der Waals surface area contributed by atoms with E-state index >= 15 is 0 Å². The topological polar surface area (TPSA) is 73.0 Å². The van der Waals surface area contributed by atoms with Crippen LogP contribution < -0.4 is 5.32 Å². The summed E-state index contributed by atoms with van der Waals surface area (Å²) in [7, 11) is 0. The maximum Gasteiger partial charge on any atom is 0.321 e. The maximum absolute atomic E-state index is 13.4. The molecule has 4 rings (SSSR count). The van der Waals surface area contributed by atoms with Crippen LogP contribution in [0.1, 0.15) is 24.8 Å². The Labute approximate surface area is 199 Å². The molecule has 2 aliphatic rings. The molecule has 7 nitrogen and oxygen atoms in total. The molecule has 4 amide bonds. The van der Waals surface area contributed by atoms with Crippen LogP contribution in [0.3, 0.4) is 0 Å². The SMILES string of the molecule is CC(=O)N1CCN(C(=O)C2CC(c3ccccc3)CN(C(=O)Nc3cccc(Cl)c3)C2)CC1. The Morgan fingerprint density at radius 3 is 2.24 bits per heavy atom. The molecular weight excluding hydrogens is 440 g/mol. The van der Waals surface area contributed by atoms with Gasteiger partial charge in [-0.1, -0.05) is 48.0 Å². The number of hydrogen-bond acceptors (Lipinski definition) is 3. The zero-order valence-electron chi connectivity index (χ0n) is 18.7. The highest BCUT2D eigenvalue weighted by molar-refractivity contribution is 6.30. The normalized spacial score (nSPS) is 21.0. The molecule has 1 N–H and O–H groups in total. The molecule has 2 aliphatic heterocycles. The van der Waals surface area contributed by atoms with Crippen LogP contribution in [0, 0.1) is 5.92 Å². The largest absolute Gasteiger partial charge is 0.339 e. The molecule has 2 aromatic carbocycles. The summed E-state index contributed by atoms with van der Waals surface area (Å²) in [5.74, 6) is -0.136. The van der Waals surface area contributed by atoms with Gasteiger partial charge in [0.15, 0.2) is 0 Å². The van der Waals surface area contributed by atoms with Gasteiger partial charge < -0.3 is 20.0 Å². The quantitative estimate of drug-likeness (QED) is 0.747. The fourth-order valence-electron chi connectivity index (χ4n) is 4.68. The molecule has 0 saturated carbocycles. The van der Waals surface area contributed by atoms with E-state index in [1.807, 2.05) is 23.1 Å². The number of rotatable bonds is 3. The fraction of sp³-hybridized carbons (Fsp3) is 0.400. The lowest BCUT2D eigenvalue weighted by molar-refractivity contribution is -0.142. The average molecular weight is 469 g/mol. The Morgan fingerprint density at radius 2 is 1.58 bits per heavy atom. The van der Waals surface area contributed by atoms with E-state index in [-0.39, 0.29) is 29.7 Å². The zero-order chi connectivity index (χ0) is 23.4. The first-order valence-electron chi connectivity index (χ1n) is 11.3. The predicted octanol–water partition coefficient (Wildman–Crippen LogP) is 3.67. The molecular formula is C25H29ClN4O3. The summed E-state index contributed by atoms with van der Waals surface area (Å²) in [6.07, 6.45) is 0.691. The third kappa shape index (κ3) is 5.66. The molecule has 2 atom stereocenters. The first kappa shape index (κ1) is 23.1. The fourth-order valence-corrected chi connectivity index (χ4v) is 4.87. The lowest BCUT2D eigenvalue weighted by atomic mass is 9.84. The van der Waals surface area contributed by atoms with Gasteiger partial charge in [-0.2, -0.15) is 0 Å². The molecule has 174 valence electrons. The first-order valence-corrected chi connectivity index (χ1v) is 11.7. The number of nitrogens with zero attached hydrogens (tertiary/aromatic N) is 3. The van der Waals surface area contributed by atoms with Crippen LogP contribution in [0.25, 0.3) is 0 Å². The Hall–Kier alpha value is -3.06. The molecule has 0 radical (unpaired) electrons. The minimum absolute atomic E-state index is 0.0350. The number of carbonyl (C=O) groups is 3. The highest BCUT2D eigenvalue weighted by Crippen LogP contribution is 2.32. The van der Waals surface area contributed by atoms with Crippen LogP contribution in [-0.4, -0.2) is 71.8 Å². The molecule has 2 saturated heterocycles. The summed E-state index contributed by atoms with van der Waals surface area (Å²) in [5.41, 5.74) is 1.74. The number of halogens is 1. The number of piperazine rings is 1. The minimum Gasteiger partial charge on any atom is -0.339 e. The summed E-state index contributed by atoms with van der Waals surface area (Å²) in [6.45, 7) is 4.61. The van der Waals surface area contributed by atoms with Crippen molar-refractivity contribution in [3.63, 3.8) is 0 Å². The minimum atomic E-state index is -0.294. The summed E-state index contributed by atoms with van der Waals surface area (Å²) >= 11 is 6.06. The number of likely N-dealkylation sites (tertiary alicyclic amines) is 1. The molecule has 2 fully saturated rings. The molecule has 2 unspecified atom stereocenters. The predicted molar refractivity (Wildman–Crippen MR) is 128 cm³/mol. The van der Waals surface area contributed by atoms with E-state index in [0.29, 0.717) is 56.4 Å². The second-order valence-electron chi connectivity index (χ2n) is 8.72. The van der Waals surface area contributed by atoms with E-state index in [0.717, 1.165) is 5.56 Å². The number of carbonyl (C=O) groups excluding carboxylic acids is 3. The van der Waals surface area contributed by atoms with Gasteiger partial charge in [-0.3, -0.25) is 9.59 Å². The van der Waals surface area contributed by atoms with Gasteiger partial charge in [-0.15, -0.1) is 0 Å². The number of hydrogen-bond donors (Lipinski definition) is 1. The highest BCUT2D eigenvalue weighted by atomic mass is 35.5. The molecule has 2 aromatic rings. The summed E-state index contributed by atoms with van der Waals surface area (Å²) in [6, 6.07) is 16.8. The van der Waals surface area contributed by atoms with Crippen molar-refractivity contribution in [3.05, 3.63) is 65.2 Å². The lowest BCUT2D eigenvalue weighted by Gasteiger charge is -2.41. The molecule has 33 heavy (non-hydrogen) atoms. The van der Waals surface area contributed by atoms with Crippen LogP contribution in [0.4, 0.5) is 10.5 Å². The molecule has 0 bridgehead atoms. The number of anilines is 1. The van der Waals surface area contributed by atoms with Gasteiger partial charge in [-0.05, 0) is 30.2 Å². The summed E-state index contributed by atoms with van der Waals surface area (Å²) < 4.78 is 0. The van der Waals surface area contributed by atoms with Crippen molar-refractivity contribution < 1.29 is 14.4 Å². The summed E-state index contributed by atoms with van der Waals surface area (Å²) in [5, 5.41) is 3.46. The van der Waals surface area contributed by atoms with Crippen molar-refractivity contribution >= 4 is 35.1 Å². The van der Waals surface area contributed by atoms with E-state index < -0.39 is 0 Å².